The number of hydrogen-bond acceptors (Lipinski definition) is 6. The van der Waals surface area contributed by atoms with Crippen molar-refractivity contribution in [2.75, 3.05) is 19.5 Å². The summed E-state index contributed by atoms with van der Waals surface area (Å²) in [6, 6.07) is 18.4. The van der Waals surface area contributed by atoms with Gasteiger partial charge in [0.25, 0.3) is 5.91 Å². The summed E-state index contributed by atoms with van der Waals surface area (Å²) in [5.41, 5.74) is 2.27. The maximum atomic E-state index is 12.9. The fourth-order valence-electron chi connectivity index (χ4n) is 3.14. The number of ether oxygens (including phenoxy) is 2. The van der Waals surface area contributed by atoms with Crippen molar-refractivity contribution in [1.29, 1.82) is 5.26 Å². The molecule has 0 fully saturated rings. The zero-order chi connectivity index (χ0) is 22.4. The van der Waals surface area contributed by atoms with Crippen LogP contribution in [-0.2, 0) is 9.53 Å². The molecule has 0 unspecified atom stereocenters. The summed E-state index contributed by atoms with van der Waals surface area (Å²) in [7, 11) is 2.80. The molecule has 0 aliphatic carbocycles. The Kier molecular flexibility index (Phi) is 6.85. The molecule has 0 atom stereocenters. The minimum absolute atomic E-state index is 0.118. The molecule has 1 aromatic heterocycles. The number of amides is 1. The number of carbonyl (C=O) groups is 2. The number of hydrogen-bond donors (Lipinski definition) is 1. The molecule has 31 heavy (non-hydrogen) atoms. The number of carbonyl (C=O) groups excluding carboxylic acids is 2. The molecule has 0 aliphatic heterocycles. The van der Waals surface area contributed by atoms with E-state index in [2.05, 4.69) is 5.32 Å². The second-order valence-corrected chi connectivity index (χ2v) is 7.69. The second kappa shape index (κ2) is 9.74. The number of methoxy groups -OCH3 is 2. The van der Waals surface area contributed by atoms with E-state index in [0.29, 0.717) is 21.9 Å². The lowest BCUT2D eigenvalue weighted by atomic mass is 10.0. The first kappa shape index (κ1) is 21.8. The molecule has 0 aliphatic rings. The molecule has 2 aromatic carbocycles. The number of aryl methyl sites for hydroxylation is 1. The van der Waals surface area contributed by atoms with Crippen LogP contribution in [0, 0.1) is 18.3 Å². The summed E-state index contributed by atoms with van der Waals surface area (Å²) in [6.07, 6.45) is 1.45. The van der Waals surface area contributed by atoms with Crippen molar-refractivity contribution >= 4 is 34.3 Å². The third kappa shape index (κ3) is 4.65. The Morgan fingerprint density at radius 1 is 1.06 bits per heavy atom. The fourth-order valence-corrected chi connectivity index (χ4v) is 4.20. The molecule has 6 nitrogen and oxygen atoms in total. The van der Waals surface area contributed by atoms with E-state index in [-0.39, 0.29) is 11.1 Å². The molecular weight excluding hydrogens is 412 g/mol. The molecule has 0 spiro atoms. The predicted molar refractivity (Wildman–Crippen MR) is 121 cm³/mol. The number of para-hydroxylation sites is 1. The quantitative estimate of drug-likeness (QED) is 0.334. The number of nitriles is 1. The third-order valence-electron chi connectivity index (χ3n) is 4.57. The van der Waals surface area contributed by atoms with Gasteiger partial charge in [-0.1, -0.05) is 48.5 Å². The maximum Gasteiger partial charge on any atom is 0.341 e. The van der Waals surface area contributed by atoms with Gasteiger partial charge in [0, 0.05) is 16.0 Å². The average Bonchev–Trinajstić information content (AvgIpc) is 3.12. The van der Waals surface area contributed by atoms with Crippen LogP contribution >= 0.6 is 11.3 Å². The van der Waals surface area contributed by atoms with Crippen LogP contribution in [0.1, 0.15) is 20.8 Å². The summed E-state index contributed by atoms with van der Waals surface area (Å²) in [6.45, 7) is 1.87. The van der Waals surface area contributed by atoms with Gasteiger partial charge >= 0.3 is 5.97 Å². The van der Waals surface area contributed by atoms with Crippen LogP contribution < -0.4 is 10.1 Å². The van der Waals surface area contributed by atoms with Gasteiger partial charge in [0.15, 0.2) is 0 Å². The van der Waals surface area contributed by atoms with E-state index in [1.165, 1.54) is 31.6 Å². The molecule has 1 heterocycles. The average molecular weight is 433 g/mol. The summed E-state index contributed by atoms with van der Waals surface area (Å²) in [5.74, 6) is -0.651. The fraction of sp³-hybridized carbons (Fsp3) is 0.125. The molecule has 0 radical (unpaired) electrons. The lowest BCUT2D eigenvalue weighted by Crippen LogP contribution is -2.15. The molecule has 1 N–H and O–H groups in total. The van der Waals surface area contributed by atoms with E-state index in [1.807, 2.05) is 43.3 Å². The van der Waals surface area contributed by atoms with Gasteiger partial charge in [0.2, 0.25) is 0 Å². The largest absolute Gasteiger partial charge is 0.496 e. The second-order valence-electron chi connectivity index (χ2n) is 6.46. The topological polar surface area (TPSA) is 88.4 Å². The third-order valence-corrected chi connectivity index (χ3v) is 5.59. The van der Waals surface area contributed by atoms with Gasteiger partial charge in [0.1, 0.15) is 28.0 Å². The van der Waals surface area contributed by atoms with Gasteiger partial charge in [-0.05, 0) is 24.6 Å². The molecule has 3 rings (SSSR count). The van der Waals surface area contributed by atoms with Crippen LogP contribution in [0.15, 0.2) is 60.2 Å². The van der Waals surface area contributed by atoms with Gasteiger partial charge in [-0.15, -0.1) is 11.3 Å². The van der Waals surface area contributed by atoms with Crippen molar-refractivity contribution in [2.45, 2.75) is 6.92 Å². The Labute approximate surface area is 184 Å². The summed E-state index contributed by atoms with van der Waals surface area (Å²) >= 11 is 1.26. The summed E-state index contributed by atoms with van der Waals surface area (Å²) in [4.78, 5) is 26.3. The van der Waals surface area contributed by atoms with Gasteiger partial charge in [-0.3, -0.25) is 4.79 Å². The van der Waals surface area contributed by atoms with Gasteiger partial charge < -0.3 is 14.8 Å². The molecule has 156 valence electrons. The number of nitrogens with one attached hydrogen (secondary N) is 1. The Morgan fingerprint density at radius 3 is 2.39 bits per heavy atom. The molecule has 3 aromatic rings. The molecule has 0 saturated heterocycles. The lowest BCUT2D eigenvalue weighted by molar-refractivity contribution is -0.112. The molecule has 0 bridgehead atoms. The van der Waals surface area contributed by atoms with E-state index in [0.717, 1.165) is 10.4 Å². The van der Waals surface area contributed by atoms with Crippen molar-refractivity contribution in [3.8, 4) is 22.9 Å². The van der Waals surface area contributed by atoms with Crippen molar-refractivity contribution in [3.05, 3.63) is 76.2 Å². The first-order valence-corrected chi connectivity index (χ1v) is 10.1. The number of benzene rings is 2. The van der Waals surface area contributed by atoms with E-state index in [1.54, 1.807) is 24.3 Å². The SMILES string of the molecule is COC(=O)c1c(NC(=O)/C(C#N)=C/c2ccccc2OC)sc(C)c1-c1ccccc1. The van der Waals surface area contributed by atoms with E-state index < -0.39 is 11.9 Å². The Morgan fingerprint density at radius 2 is 1.74 bits per heavy atom. The highest BCUT2D eigenvalue weighted by Crippen LogP contribution is 2.40. The predicted octanol–water partition coefficient (Wildman–Crippen LogP) is 5.06. The van der Waals surface area contributed by atoms with Crippen LogP contribution in [0.2, 0.25) is 0 Å². The highest BCUT2D eigenvalue weighted by molar-refractivity contribution is 7.17. The van der Waals surface area contributed by atoms with Gasteiger partial charge in [0.05, 0.1) is 14.2 Å². The Bertz CT molecular complexity index is 1190. The van der Waals surface area contributed by atoms with Gasteiger partial charge in [-0.2, -0.15) is 5.26 Å². The van der Waals surface area contributed by atoms with E-state index >= 15 is 0 Å². The highest BCUT2D eigenvalue weighted by atomic mass is 32.1. The normalized spacial score (nSPS) is 10.8. The minimum Gasteiger partial charge on any atom is -0.496 e. The van der Waals surface area contributed by atoms with Crippen LogP contribution in [0.25, 0.3) is 17.2 Å². The zero-order valence-corrected chi connectivity index (χ0v) is 18.1. The monoisotopic (exact) mass is 432 g/mol. The lowest BCUT2D eigenvalue weighted by Gasteiger charge is -2.08. The molecular formula is C24H20N2O4S. The van der Waals surface area contributed by atoms with Crippen LogP contribution in [-0.4, -0.2) is 26.1 Å². The number of rotatable bonds is 6. The zero-order valence-electron chi connectivity index (χ0n) is 17.3. The molecule has 0 saturated carbocycles. The number of esters is 1. The van der Waals surface area contributed by atoms with Crippen LogP contribution in [0.4, 0.5) is 5.00 Å². The summed E-state index contributed by atoms with van der Waals surface area (Å²) < 4.78 is 10.2. The van der Waals surface area contributed by atoms with Gasteiger partial charge in [-0.25, -0.2) is 4.79 Å². The van der Waals surface area contributed by atoms with Crippen molar-refractivity contribution < 1.29 is 19.1 Å². The Hall–Kier alpha value is -3.89. The van der Waals surface area contributed by atoms with Crippen molar-refractivity contribution in [3.63, 3.8) is 0 Å². The molecule has 7 heteroatoms. The molecule has 1 amide bonds. The number of thiophene rings is 1. The van der Waals surface area contributed by atoms with Crippen LogP contribution in [0.3, 0.4) is 0 Å². The number of anilines is 1. The Balaban J connectivity index is 2.02. The van der Waals surface area contributed by atoms with E-state index in [4.69, 9.17) is 9.47 Å². The smallest absolute Gasteiger partial charge is 0.341 e. The maximum absolute atomic E-state index is 12.9. The first-order valence-electron chi connectivity index (χ1n) is 9.33. The van der Waals surface area contributed by atoms with Crippen molar-refractivity contribution in [2.24, 2.45) is 0 Å². The van der Waals surface area contributed by atoms with Crippen LogP contribution in [0.5, 0.6) is 5.75 Å². The standard InChI is InChI=1S/C24H20N2O4S/c1-15-20(16-9-5-4-6-10-16)21(24(28)30-3)23(31-15)26-22(27)18(14-25)13-17-11-7-8-12-19(17)29-2/h4-13H,1-3H3,(H,26,27)/b18-13+. The number of nitrogens with zero attached hydrogens (tertiary/aromatic N) is 1. The highest BCUT2D eigenvalue weighted by Gasteiger charge is 2.25. The summed E-state index contributed by atoms with van der Waals surface area (Å²) in [5, 5.41) is 12.6. The first-order chi connectivity index (χ1) is 15.0. The van der Waals surface area contributed by atoms with Crippen molar-refractivity contribution in [1.82, 2.24) is 0 Å². The minimum atomic E-state index is -0.626. The van der Waals surface area contributed by atoms with E-state index in [9.17, 15) is 14.9 Å².